The topological polar surface area (TPSA) is 132 Å². The number of fused-ring (bicyclic) bond motifs is 2. The van der Waals surface area contributed by atoms with Crippen LogP contribution in [0.15, 0.2) is 146 Å². The van der Waals surface area contributed by atoms with Gasteiger partial charge in [0.25, 0.3) is 10.0 Å². The maximum Gasteiger partial charge on any atom is 0.269 e. The number of hydrogen-bond donors (Lipinski definition) is 1. The molecule has 1 aromatic carbocycles. The molecule has 0 bridgehead atoms. The van der Waals surface area contributed by atoms with E-state index >= 15 is 0 Å². The molecule has 306 valence electrons. The second-order valence-electron chi connectivity index (χ2n) is 14.3. The van der Waals surface area contributed by atoms with Gasteiger partial charge in [-0.1, -0.05) is 53.5 Å². The van der Waals surface area contributed by atoms with Crippen LogP contribution in [0.2, 0.25) is 10.0 Å². The molecule has 9 aromatic rings. The molecule has 0 atom stereocenters. The highest BCUT2D eigenvalue weighted by atomic mass is 35.5. The molecule has 0 aliphatic rings. The van der Waals surface area contributed by atoms with Crippen molar-refractivity contribution in [1.29, 1.82) is 0 Å². The zero-order chi connectivity index (χ0) is 42.3. The van der Waals surface area contributed by atoms with Gasteiger partial charge in [0.15, 0.2) is 5.65 Å². The lowest BCUT2D eigenvalue weighted by atomic mass is 10.1. The van der Waals surface area contributed by atoms with E-state index in [-0.39, 0.29) is 16.5 Å². The fourth-order valence-electron chi connectivity index (χ4n) is 6.91. The number of aromatic amines is 1. The van der Waals surface area contributed by atoms with Crippen molar-refractivity contribution < 1.29 is 17.2 Å². The Kier molecular flexibility index (Phi) is 12.5. The molecule has 61 heavy (non-hydrogen) atoms. The first-order chi connectivity index (χ1) is 29.6. The Labute approximate surface area is 360 Å². The third kappa shape index (κ3) is 10.1. The zero-order valence-electron chi connectivity index (χ0n) is 32.4. The van der Waals surface area contributed by atoms with Crippen molar-refractivity contribution in [3.63, 3.8) is 0 Å². The maximum absolute atomic E-state index is 13.3. The largest absolute Gasteiger partial charge is 0.346 e. The number of halogens is 4. The Hall–Kier alpha value is -6.41. The van der Waals surface area contributed by atoms with Crippen molar-refractivity contribution in [3.8, 4) is 0 Å². The van der Waals surface area contributed by atoms with Crippen molar-refractivity contribution in [1.82, 2.24) is 38.9 Å². The predicted molar refractivity (Wildman–Crippen MR) is 232 cm³/mol. The summed E-state index contributed by atoms with van der Waals surface area (Å²) in [6, 6.07) is 22.8. The quantitative estimate of drug-likeness (QED) is 0.128. The first-order valence-electron chi connectivity index (χ1n) is 19.2. The number of pyridine rings is 6. The molecule has 1 N–H and O–H groups in total. The van der Waals surface area contributed by atoms with Crippen LogP contribution in [0, 0.1) is 11.6 Å². The number of aryl methyl sites for hydroxylation is 4. The summed E-state index contributed by atoms with van der Waals surface area (Å²) in [5, 5.41) is 2.74. The summed E-state index contributed by atoms with van der Waals surface area (Å²) in [4.78, 5) is 28.7. The Morgan fingerprint density at radius 2 is 1.15 bits per heavy atom. The second kappa shape index (κ2) is 18.5. The first kappa shape index (κ1) is 41.3. The van der Waals surface area contributed by atoms with Crippen molar-refractivity contribution in [2.75, 3.05) is 0 Å². The normalized spacial score (nSPS) is 11.5. The molecule has 10 nitrogen and oxygen atoms in total. The van der Waals surface area contributed by atoms with Gasteiger partial charge in [0, 0.05) is 84.6 Å². The van der Waals surface area contributed by atoms with Crippen LogP contribution in [0.25, 0.3) is 22.1 Å². The minimum atomic E-state index is -3.83. The van der Waals surface area contributed by atoms with Crippen LogP contribution in [0.1, 0.15) is 44.8 Å². The number of nitrogens with one attached hydrogen (secondary N) is 1. The average Bonchev–Trinajstić information content (AvgIpc) is 3.84. The summed E-state index contributed by atoms with van der Waals surface area (Å²) in [5.41, 5.74) is 8.62. The smallest absolute Gasteiger partial charge is 0.269 e. The number of benzene rings is 1. The van der Waals surface area contributed by atoms with Crippen LogP contribution in [-0.2, 0) is 48.5 Å². The zero-order valence-corrected chi connectivity index (χ0v) is 34.7. The minimum Gasteiger partial charge on any atom is -0.346 e. The van der Waals surface area contributed by atoms with E-state index in [1.54, 1.807) is 67.4 Å². The van der Waals surface area contributed by atoms with Gasteiger partial charge < -0.3 is 4.98 Å². The van der Waals surface area contributed by atoms with E-state index in [0.29, 0.717) is 46.8 Å². The van der Waals surface area contributed by atoms with Crippen LogP contribution in [0.3, 0.4) is 0 Å². The van der Waals surface area contributed by atoms with Gasteiger partial charge in [0.1, 0.15) is 17.3 Å². The molecule has 0 aliphatic carbocycles. The Bertz CT molecular complexity index is 3060. The van der Waals surface area contributed by atoms with E-state index in [1.807, 2.05) is 36.7 Å². The van der Waals surface area contributed by atoms with Gasteiger partial charge in [-0.15, -0.1) is 0 Å². The van der Waals surface area contributed by atoms with Crippen LogP contribution in [-0.4, -0.2) is 47.3 Å². The van der Waals surface area contributed by atoms with E-state index in [4.69, 9.17) is 23.2 Å². The minimum absolute atomic E-state index is 0.180. The molecule has 0 amide bonds. The molecule has 0 aliphatic heterocycles. The van der Waals surface area contributed by atoms with Gasteiger partial charge in [0.05, 0.1) is 27.3 Å². The summed E-state index contributed by atoms with van der Waals surface area (Å²) < 4.78 is 54.3. The molecule has 15 heteroatoms. The van der Waals surface area contributed by atoms with Gasteiger partial charge in [-0.2, -0.15) is 0 Å². The fourth-order valence-corrected chi connectivity index (χ4v) is 8.59. The van der Waals surface area contributed by atoms with E-state index in [1.165, 1.54) is 34.7 Å². The maximum atomic E-state index is 13.3. The van der Waals surface area contributed by atoms with Gasteiger partial charge in [0.2, 0.25) is 0 Å². The lowest BCUT2D eigenvalue weighted by Crippen LogP contribution is -2.12. The molecule has 0 radical (unpaired) electrons. The Balaban J connectivity index is 0.000000176. The molecular formula is C46H36Cl2F2N8O2S. The van der Waals surface area contributed by atoms with Crippen LogP contribution >= 0.6 is 23.2 Å². The van der Waals surface area contributed by atoms with Crippen molar-refractivity contribution in [2.24, 2.45) is 0 Å². The summed E-state index contributed by atoms with van der Waals surface area (Å²) in [6.07, 6.45) is 20.0. The summed E-state index contributed by atoms with van der Waals surface area (Å²) in [5.74, 6) is -0.659. The molecule has 9 rings (SSSR count). The SMILES string of the molecule is Fc1cncc(CCc2ccc(Cc3c[nH]c4ncc(Cl)cc34)cn2)c1.O=S(=O)(c1ccccc1)n1cc(Cc2ccc(CCc3cncc(F)c3)nc2)c2cc(Cl)cnc21. The molecule has 0 fully saturated rings. The number of hydrogen-bond acceptors (Lipinski definition) is 8. The lowest BCUT2D eigenvalue weighted by molar-refractivity contribution is 0.588. The van der Waals surface area contributed by atoms with E-state index < -0.39 is 10.0 Å². The molecule has 0 spiro atoms. The first-order valence-corrected chi connectivity index (χ1v) is 21.4. The molecule has 0 saturated heterocycles. The Morgan fingerprint density at radius 1 is 0.574 bits per heavy atom. The lowest BCUT2D eigenvalue weighted by Gasteiger charge is -2.06. The van der Waals surface area contributed by atoms with Gasteiger partial charge in [-0.3, -0.25) is 19.9 Å². The van der Waals surface area contributed by atoms with E-state index in [2.05, 4.69) is 41.0 Å². The molecule has 8 heterocycles. The van der Waals surface area contributed by atoms with Crippen molar-refractivity contribution in [3.05, 3.63) is 207 Å². The monoisotopic (exact) mass is 872 g/mol. The van der Waals surface area contributed by atoms with Crippen molar-refractivity contribution >= 4 is 55.3 Å². The summed E-state index contributed by atoms with van der Waals surface area (Å²) >= 11 is 12.2. The highest BCUT2D eigenvalue weighted by Gasteiger charge is 2.22. The van der Waals surface area contributed by atoms with Crippen molar-refractivity contribution in [2.45, 2.75) is 43.4 Å². The molecular weight excluding hydrogens is 838 g/mol. The van der Waals surface area contributed by atoms with E-state index in [0.717, 1.165) is 68.6 Å². The van der Waals surface area contributed by atoms with Gasteiger partial charge in [-0.25, -0.2) is 31.1 Å². The van der Waals surface area contributed by atoms with Gasteiger partial charge in [-0.05, 0) is 108 Å². The average molecular weight is 874 g/mol. The standard InChI is InChI=1S/C26H20ClFN4O2S.C20H16ClFN4/c27-21-12-25-20(17-32(26(25)31-15-21)35(33,34)24-4-2-1-3-5-24)10-18-6-8-23(30-14-18)9-7-19-11-22(28)16-29-13-19;21-16-7-19-15(10-25-20(19)26-11-16)5-13-1-3-18(24-9-13)4-2-14-6-17(22)12-23-8-14/h1-6,8,11-17H,7,9-10H2;1,3,6-12H,2,4-5H2,(H,25,26). The fraction of sp³-hybridized carbons (Fsp3) is 0.130. The number of nitrogens with zero attached hydrogens (tertiary/aromatic N) is 7. The van der Waals surface area contributed by atoms with Crippen LogP contribution < -0.4 is 0 Å². The summed E-state index contributed by atoms with van der Waals surface area (Å²) in [6.45, 7) is 0. The number of rotatable bonds is 12. The number of H-pyrrole nitrogens is 1. The summed E-state index contributed by atoms with van der Waals surface area (Å²) in [7, 11) is -3.83. The third-order valence-corrected chi connectivity index (χ3v) is 12.0. The van der Waals surface area contributed by atoms with Crippen LogP contribution in [0.4, 0.5) is 8.78 Å². The highest BCUT2D eigenvalue weighted by Crippen LogP contribution is 2.29. The predicted octanol–water partition coefficient (Wildman–Crippen LogP) is 9.75. The molecule has 0 saturated carbocycles. The van der Waals surface area contributed by atoms with E-state index in [9.17, 15) is 17.2 Å². The van der Waals surface area contributed by atoms with Crippen LogP contribution in [0.5, 0.6) is 0 Å². The molecule has 0 unspecified atom stereocenters. The third-order valence-electron chi connectivity index (χ3n) is 9.97. The molecule has 8 aromatic heterocycles. The number of aromatic nitrogens is 8. The Morgan fingerprint density at radius 3 is 1.72 bits per heavy atom. The second-order valence-corrected chi connectivity index (χ2v) is 17.0. The van der Waals surface area contributed by atoms with Gasteiger partial charge >= 0.3 is 0 Å². The highest BCUT2D eigenvalue weighted by molar-refractivity contribution is 7.90.